The zero-order valence-corrected chi connectivity index (χ0v) is 18.9. The van der Waals surface area contributed by atoms with Crippen LogP contribution in [-0.4, -0.2) is 50.1 Å². The first-order valence-electron chi connectivity index (χ1n) is 10.1. The molecule has 0 saturated carbocycles. The number of hydrogen-bond acceptors (Lipinski definition) is 7. The van der Waals surface area contributed by atoms with Gasteiger partial charge in [0.2, 0.25) is 0 Å². The number of aromatic nitrogens is 4. The third-order valence-electron chi connectivity index (χ3n) is 4.08. The van der Waals surface area contributed by atoms with E-state index >= 15 is 0 Å². The summed E-state index contributed by atoms with van der Waals surface area (Å²) in [6.07, 6.45) is 1.73. The summed E-state index contributed by atoms with van der Waals surface area (Å²) in [4.78, 5) is 21.3. The largest absolute Gasteiger partial charge is 0.481 e. The Bertz CT molecular complexity index is 1040. The van der Waals surface area contributed by atoms with E-state index in [0.29, 0.717) is 29.1 Å². The summed E-state index contributed by atoms with van der Waals surface area (Å²) < 4.78 is 20.5. The number of anilines is 1. The van der Waals surface area contributed by atoms with E-state index in [1.165, 1.54) is 12.1 Å². The monoisotopic (exact) mass is 446 g/mol. The summed E-state index contributed by atoms with van der Waals surface area (Å²) in [6, 6.07) is 6.19. The van der Waals surface area contributed by atoms with Crippen molar-refractivity contribution in [1.82, 2.24) is 25.1 Å². The number of ether oxygens (including phenoxy) is 1. The number of amides is 1. The van der Waals surface area contributed by atoms with Gasteiger partial charge in [0, 0.05) is 17.8 Å². The first-order valence-corrected chi connectivity index (χ1v) is 11.0. The molecule has 0 unspecified atom stereocenters. The number of carbonyl (C=O) groups is 1. The maximum atomic E-state index is 13.6. The molecule has 31 heavy (non-hydrogen) atoms. The molecule has 0 aliphatic carbocycles. The molecule has 2 heterocycles. The van der Waals surface area contributed by atoms with Gasteiger partial charge in [0.05, 0.1) is 18.1 Å². The number of benzene rings is 1. The SMILES string of the molecule is CC(C)Nc1nc(SC(C)C)nc2c1cnn2CCNC(=O)COc1ccccc1F. The first kappa shape index (κ1) is 22.8. The minimum absolute atomic E-state index is 0.0489. The zero-order chi connectivity index (χ0) is 22.4. The molecule has 2 aromatic heterocycles. The fourth-order valence-electron chi connectivity index (χ4n) is 2.80. The van der Waals surface area contributed by atoms with Gasteiger partial charge in [-0.25, -0.2) is 19.0 Å². The number of hydrogen-bond donors (Lipinski definition) is 2. The molecule has 0 saturated heterocycles. The lowest BCUT2D eigenvalue weighted by atomic mass is 10.3. The van der Waals surface area contributed by atoms with E-state index in [4.69, 9.17) is 4.74 Å². The molecule has 2 N–H and O–H groups in total. The van der Waals surface area contributed by atoms with Crippen molar-refractivity contribution in [2.24, 2.45) is 0 Å². The van der Waals surface area contributed by atoms with Crippen LogP contribution in [0.1, 0.15) is 27.7 Å². The zero-order valence-electron chi connectivity index (χ0n) is 18.1. The van der Waals surface area contributed by atoms with Crippen molar-refractivity contribution in [3.05, 3.63) is 36.3 Å². The first-order chi connectivity index (χ1) is 14.8. The summed E-state index contributed by atoms with van der Waals surface area (Å²) in [5.74, 6) is -0.0454. The van der Waals surface area contributed by atoms with Crippen LogP contribution in [-0.2, 0) is 11.3 Å². The third-order valence-corrected chi connectivity index (χ3v) is 4.95. The minimum atomic E-state index is -0.501. The molecule has 0 spiro atoms. The predicted molar refractivity (Wildman–Crippen MR) is 120 cm³/mol. The lowest BCUT2D eigenvalue weighted by Gasteiger charge is -2.13. The van der Waals surface area contributed by atoms with Gasteiger partial charge in [0.1, 0.15) is 5.82 Å². The predicted octanol–water partition coefficient (Wildman–Crippen LogP) is 3.48. The lowest BCUT2D eigenvalue weighted by molar-refractivity contribution is -0.123. The molecule has 0 radical (unpaired) electrons. The van der Waals surface area contributed by atoms with Crippen LogP contribution in [0.15, 0.2) is 35.6 Å². The van der Waals surface area contributed by atoms with Crippen LogP contribution in [0.25, 0.3) is 11.0 Å². The summed E-state index contributed by atoms with van der Waals surface area (Å²) in [5, 5.41) is 12.4. The van der Waals surface area contributed by atoms with Crippen LogP contribution < -0.4 is 15.4 Å². The van der Waals surface area contributed by atoms with E-state index < -0.39 is 5.82 Å². The van der Waals surface area contributed by atoms with E-state index in [-0.39, 0.29) is 24.3 Å². The molecule has 3 aromatic rings. The van der Waals surface area contributed by atoms with Crippen LogP contribution in [0.5, 0.6) is 5.75 Å². The molecule has 0 bridgehead atoms. The normalized spacial score (nSPS) is 11.3. The highest BCUT2D eigenvalue weighted by atomic mass is 32.2. The summed E-state index contributed by atoms with van der Waals surface area (Å²) >= 11 is 1.58. The Balaban J connectivity index is 1.64. The Hall–Kier alpha value is -2.88. The van der Waals surface area contributed by atoms with Crippen LogP contribution in [0, 0.1) is 5.82 Å². The number of nitrogens with zero attached hydrogens (tertiary/aromatic N) is 4. The summed E-state index contributed by atoms with van der Waals surface area (Å²) in [6.45, 7) is 8.77. The number of thioether (sulfide) groups is 1. The Kier molecular flexibility index (Phi) is 7.67. The van der Waals surface area contributed by atoms with Crippen molar-refractivity contribution in [3.63, 3.8) is 0 Å². The van der Waals surface area contributed by atoms with Gasteiger partial charge >= 0.3 is 0 Å². The van der Waals surface area contributed by atoms with E-state index in [9.17, 15) is 9.18 Å². The number of fused-ring (bicyclic) bond motifs is 1. The second-order valence-corrected chi connectivity index (χ2v) is 9.04. The Morgan fingerprint density at radius 3 is 2.71 bits per heavy atom. The molecule has 166 valence electrons. The van der Waals surface area contributed by atoms with E-state index in [1.54, 1.807) is 34.8 Å². The van der Waals surface area contributed by atoms with Crippen LogP contribution in [0.2, 0.25) is 0 Å². The van der Waals surface area contributed by atoms with E-state index in [2.05, 4.69) is 39.5 Å². The van der Waals surface area contributed by atoms with Gasteiger partial charge in [-0.3, -0.25) is 4.79 Å². The Labute approximate surface area is 185 Å². The molecule has 0 atom stereocenters. The highest BCUT2D eigenvalue weighted by Crippen LogP contribution is 2.26. The molecular weight excluding hydrogens is 419 g/mol. The van der Waals surface area contributed by atoms with Gasteiger partial charge < -0.3 is 15.4 Å². The van der Waals surface area contributed by atoms with Crippen molar-refractivity contribution in [2.45, 2.75) is 50.7 Å². The van der Waals surface area contributed by atoms with Crippen molar-refractivity contribution in [3.8, 4) is 5.75 Å². The highest BCUT2D eigenvalue weighted by Gasteiger charge is 2.15. The highest BCUT2D eigenvalue weighted by molar-refractivity contribution is 7.99. The average Bonchev–Trinajstić information content (AvgIpc) is 3.10. The fraction of sp³-hybridized carbons (Fsp3) is 0.429. The van der Waals surface area contributed by atoms with Gasteiger partial charge in [0.25, 0.3) is 5.91 Å². The molecule has 8 nitrogen and oxygen atoms in total. The summed E-state index contributed by atoms with van der Waals surface area (Å²) in [7, 11) is 0. The van der Waals surface area contributed by atoms with Crippen LogP contribution in [0.4, 0.5) is 10.2 Å². The van der Waals surface area contributed by atoms with Crippen molar-refractivity contribution in [2.75, 3.05) is 18.5 Å². The molecule has 0 fully saturated rings. The molecular formula is C21H27FN6O2S. The Morgan fingerprint density at radius 1 is 1.23 bits per heavy atom. The number of rotatable bonds is 10. The van der Waals surface area contributed by atoms with Gasteiger partial charge in [-0.15, -0.1) is 0 Å². The maximum absolute atomic E-state index is 13.6. The second-order valence-electron chi connectivity index (χ2n) is 7.49. The van der Waals surface area contributed by atoms with Crippen molar-refractivity contribution in [1.29, 1.82) is 0 Å². The fourth-order valence-corrected chi connectivity index (χ4v) is 3.51. The van der Waals surface area contributed by atoms with E-state index in [1.807, 2.05) is 13.8 Å². The van der Waals surface area contributed by atoms with Crippen molar-refractivity contribution >= 4 is 34.5 Å². The second kappa shape index (κ2) is 10.4. The van der Waals surface area contributed by atoms with Gasteiger partial charge in [0.15, 0.2) is 29.0 Å². The third kappa shape index (κ3) is 6.30. The number of halogens is 1. The minimum Gasteiger partial charge on any atom is -0.481 e. The van der Waals surface area contributed by atoms with Gasteiger partial charge in [-0.05, 0) is 26.0 Å². The lowest BCUT2D eigenvalue weighted by Crippen LogP contribution is -2.31. The molecule has 1 aromatic carbocycles. The quantitative estimate of drug-likeness (QED) is 0.364. The number of para-hydroxylation sites is 1. The topological polar surface area (TPSA) is 94.0 Å². The van der Waals surface area contributed by atoms with Crippen LogP contribution >= 0.6 is 11.8 Å². The maximum Gasteiger partial charge on any atom is 0.258 e. The number of carbonyl (C=O) groups excluding carboxylic acids is 1. The average molecular weight is 447 g/mol. The van der Waals surface area contributed by atoms with E-state index in [0.717, 1.165) is 11.2 Å². The van der Waals surface area contributed by atoms with Crippen LogP contribution in [0.3, 0.4) is 0 Å². The number of nitrogens with one attached hydrogen (secondary N) is 2. The standard InChI is InChI=1S/C21H27FN6O2S/c1-13(2)25-19-15-11-24-28(20(15)27-21(26-19)31-14(3)4)10-9-23-18(29)12-30-17-8-6-5-7-16(17)22/h5-8,11,13-14H,9-10,12H2,1-4H3,(H,23,29)(H,25,26,27). The van der Waals surface area contributed by atoms with Gasteiger partial charge in [-0.2, -0.15) is 5.10 Å². The smallest absolute Gasteiger partial charge is 0.258 e. The Morgan fingerprint density at radius 2 is 2.00 bits per heavy atom. The summed E-state index contributed by atoms with van der Waals surface area (Å²) in [5.41, 5.74) is 0.707. The molecule has 3 rings (SSSR count). The molecule has 0 aliphatic heterocycles. The molecule has 0 aliphatic rings. The molecule has 10 heteroatoms. The molecule has 1 amide bonds. The van der Waals surface area contributed by atoms with Crippen molar-refractivity contribution < 1.29 is 13.9 Å². The van der Waals surface area contributed by atoms with Gasteiger partial charge in [-0.1, -0.05) is 37.7 Å².